The van der Waals surface area contributed by atoms with Crippen molar-refractivity contribution in [3.05, 3.63) is 17.3 Å². The van der Waals surface area contributed by atoms with E-state index >= 15 is 0 Å². The Hall–Kier alpha value is -1.40. The Labute approximate surface area is 98.5 Å². The lowest BCUT2D eigenvalue weighted by Crippen LogP contribution is -2.09. The Kier molecular flexibility index (Phi) is 2.93. The molecule has 0 aliphatic heterocycles. The highest BCUT2D eigenvalue weighted by Crippen LogP contribution is 2.29. The van der Waals surface area contributed by atoms with Gasteiger partial charge in [-0.15, -0.1) is 11.3 Å². The topological polar surface area (TPSA) is 60.0 Å². The minimum Gasteiger partial charge on any atom is -0.396 e. The molecule has 0 unspecified atom stereocenters. The Bertz CT molecular complexity index is 466. The zero-order chi connectivity index (χ0) is 11.7. The van der Waals surface area contributed by atoms with Gasteiger partial charge < -0.3 is 10.6 Å². The van der Waals surface area contributed by atoms with Crippen LogP contribution in [0.5, 0.6) is 0 Å². The normalized spacial score (nSPS) is 11.2. The van der Waals surface area contributed by atoms with Gasteiger partial charge in [0.05, 0.1) is 11.9 Å². The summed E-state index contributed by atoms with van der Waals surface area (Å²) < 4.78 is 1.76. The number of rotatable bonds is 3. The largest absolute Gasteiger partial charge is 0.396 e. The van der Waals surface area contributed by atoms with Gasteiger partial charge in [0.1, 0.15) is 10.7 Å². The quantitative estimate of drug-likeness (QED) is 0.871. The molecular formula is C10H15N5S. The summed E-state index contributed by atoms with van der Waals surface area (Å²) in [5.74, 6) is 0. The molecule has 0 radical (unpaired) electrons. The maximum atomic E-state index is 5.86. The van der Waals surface area contributed by atoms with Gasteiger partial charge in [-0.1, -0.05) is 0 Å². The van der Waals surface area contributed by atoms with Crippen LogP contribution in [0.1, 0.15) is 4.88 Å². The molecule has 2 aromatic heterocycles. The Morgan fingerprint density at radius 2 is 2.19 bits per heavy atom. The van der Waals surface area contributed by atoms with Crippen LogP contribution in [0.4, 0.5) is 5.69 Å². The van der Waals surface area contributed by atoms with Gasteiger partial charge in [0.25, 0.3) is 0 Å². The molecule has 0 spiro atoms. The molecule has 0 bridgehead atoms. The molecule has 16 heavy (non-hydrogen) atoms. The fourth-order valence-corrected chi connectivity index (χ4v) is 2.65. The van der Waals surface area contributed by atoms with E-state index in [4.69, 9.17) is 5.73 Å². The second-order valence-corrected chi connectivity index (χ2v) is 5.06. The van der Waals surface area contributed by atoms with E-state index in [2.05, 4.69) is 15.0 Å². The molecule has 0 aliphatic carbocycles. The van der Waals surface area contributed by atoms with E-state index in [1.54, 1.807) is 22.2 Å². The third-order valence-corrected chi connectivity index (χ3v) is 3.18. The van der Waals surface area contributed by atoms with Gasteiger partial charge in [-0.05, 0) is 14.1 Å². The fourth-order valence-electron chi connectivity index (χ4n) is 1.52. The molecule has 0 saturated heterocycles. The first-order valence-electron chi connectivity index (χ1n) is 4.95. The van der Waals surface area contributed by atoms with Crippen LogP contribution < -0.4 is 5.73 Å². The van der Waals surface area contributed by atoms with Crippen LogP contribution in [0.3, 0.4) is 0 Å². The van der Waals surface area contributed by atoms with Gasteiger partial charge in [0.2, 0.25) is 0 Å². The summed E-state index contributed by atoms with van der Waals surface area (Å²) in [7, 11) is 5.95. The first-order valence-corrected chi connectivity index (χ1v) is 5.77. The maximum absolute atomic E-state index is 5.86. The van der Waals surface area contributed by atoms with Gasteiger partial charge in [-0.2, -0.15) is 5.10 Å². The minimum atomic E-state index is 0.674. The zero-order valence-electron chi connectivity index (χ0n) is 9.64. The van der Waals surface area contributed by atoms with E-state index < -0.39 is 0 Å². The average molecular weight is 237 g/mol. The van der Waals surface area contributed by atoms with Crippen LogP contribution in [0.25, 0.3) is 10.7 Å². The highest BCUT2D eigenvalue weighted by molar-refractivity contribution is 7.15. The summed E-state index contributed by atoms with van der Waals surface area (Å²) in [6.45, 7) is 0.898. The lowest BCUT2D eigenvalue weighted by atomic mass is 10.4. The minimum absolute atomic E-state index is 0.674. The van der Waals surface area contributed by atoms with E-state index in [9.17, 15) is 0 Å². The van der Waals surface area contributed by atoms with Crippen molar-refractivity contribution < 1.29 is 0 Å². The van der Waals surface area contributed by atoms with Crippen LogP contribution in [0, 0.1) is 0 Å². The molecule has 0 amide bonds. The van der Waals surface area contributed by atoms with Gasteiger partial charge in [0.15, 0.2) is 0 Å². The van der Waals surface area contributed by atoms with Crippen molar-refractivity contribution in [3.63, 3.8) is 0 Å². The van der Waals surface area contributed by atoms with Gasteiger partial charge in [0, 0.05) is 24.7 Å². The number of nitrogens with zero attached hydrogens (tertiary/aromatic N) is 4. The number of aryl methyl sites for hydroxylation is 1. The van der Waals surface area contributed by atoms with Crippen LogP contribution in [0.2, 0.25) is 0 Å². The third kappa shape index (κ3) is 2.07. The van der Waals surface area contributed by atoms with E-state index in [0.29, 0.717) is 5.69 Å². The first-order chi connectivity index (χ1) is 7.58. The van der Waals surface area contributed by atoms with E-state index in [1.165, 1.54) is 4.88 Å². The van der Waals surface area contributed by atoms with Crippen molar-refractivity contribution in [1.29, 1.82) is 0 Å². The van der Waals surface area contributed by atoms with Crippen molar-refractivity contribution in [1.82, 2.24) is 19.7 Å². The summed E-state index contributed by atoms with van der Waals surface area (Å²) in [4.78, 5) is 7.72. The molecular weight excluding hydrogens is 222 g/mol. The molecule has 2 aromatic rings. The van der Waals surface area contributed by atoms with Crippen LogP contribution in [-0.2, 0) is 13.6 Å². The highest BCUT2D eigenvalue weighted by Gasteiger charge is 2.12. The zero-order valence-corrected chi connectivity index (χ0v) is 10.5. The van der Waals surface area contributed by atoms with Crippen molar-refractivity contribution in [3.8, 4) is 10.7 Å². The third-order valence-electron chi connectivity index (χ3n) is 2.20. The Morgan fingerprint density at radius 3 is 2.75 bits per heavy atom. The second kappa shape index (κ2) is 4.23. The summed E-state index contributed by atoms with van der Waals surface area (Å²) in [6, 6.07) is 0. The standard InChI is InChI=1S/C10H15N5S/c1-14(2)6-7-4-12-10(16-7)9-8(11)5-13-15(9)3/h4-5H,6,11H2,1-3H3. The summed E-state index contributed by atoms with van der Waals surface area (Å²) in [6.07, 6.45) is 3.55. The molecule has 0 aromatic carbocycles. The Morgan fingerprint density at radius 1 is 1.44 bits per heavy atom. The molecule has 0 fully saturated rings. The van der Waals surface area contributed by atoms with Gasteiger partial charge in [-0.25, -0.2) is 4.98 Å². The van der Waals surface area contributed by atoms with Crippen molar-refractivity contribution in [2.75, 3.05) is 19.8 Å². The summed E-state index contributed by atoms with van der Waals surface area (Å²) in [5.41, 5.74) is 7.43. The number of hydrogen-bond acceptors (Lipinski definition) is 5. The fraction of sp³-hybridized carbons (Fsp3) is 0.400. The molecule has 0 aliphatic rings. The highest BCUT2D eigenvalue weighted by atomic mass is 32.1. The molecule has 86 valence electrons. The molecule has 0 atom stereocenters. The lowest BCUT2D eigenvalue weighted by molar-refractivity contribution is 0.406. The van der Waals surface area contributed by atoms with Crippen LogP contribution in [-0.4, -0.2) is 33.8 Å². The average Bonchev–Trinajstić information content (AvgIpc) is 2.73. The Balaban J connectivity index is 2.32. The van der Waals surface area contributed by atoms with Gasteiger partial charge in [-0.3, -0.25) is 4.68 Å². The molecule has 2 heterocycles. The number of anilines is 1. The van der Waals surface area contributed by atoms with Crippen molar-refractivity contribution in [2.24, 2.45) is 7.05 Å². The molecule has 0 saturated carbocycles. The maximum Gasteiger partial charge on any atom is 0.143 e. The van der Waals surface area contributed by atoms with Crippen LogP contribution in [0.15, 0.2) is 12.4 Å². The second-order valence-electron chi connectivity index (χ2n) is 3.94. The monoisotopic (exact) mass is 237 g/mol. The molecule has 2 rings (SSSR count). The molecule has 2 N–H and O–H groups in total. The van der Waals surface area contributed by atoms with E-state index in [1.807, 2.05) is 27.3 Å². The van der Waals surface area contributed by atoms with E-state index in [-0.39, 0.29) is 0 Å². The SMILES string of the molecule is CN(C)Cc1cnc(-c2c(N)cnn2C)s1. The predicted octanol–water partition coefficient (Wildman–Crippen LogP) is 1.19. The molecule has 5 nitrogen and oxygen atoms in total. The van der Waals surface area contributed by atoms with Gasteiger partial charge >= 0.3 is 0 Å². The smallest absolute Gasteiger partial charge is 0.143 e. The number of thiazole rings is 1. The van der Waals surface area contributed by atoms with Crippen molar-refractivity contribution in [2.45, 2.75) is 6.54 Å². The summed E-state index contributed by atoms with van der Waals surface area (Å²) in [5, 5.41) is 5.04. The first kappa shape index (κ1) is 11.1. The van der Waals surface area contributed by atoms with E-state index in [0.717, 1.165) is 17.2 Å². The number of nitrogen functional groups attached to an aromatic ring is 1. The molecule has 6 heteroatoms. The van der Waals surface area contributed by atoms with Crippen molar-refractivity contribution >= 4 is 17.0 Å². The predicted molar refractivity (Wildman–Crippen MR) is 66.1 cm³/mol. The number of hydrogen-bond donors (Lipinski definition) is 1. The lowest BCUT2D eigenvalue weighted by Gasteiger charge is -2.05. The number of aromatic nitrogens is 3. The summed E-state index contributed by atoms with van der Waals surface area (Å²) >= 11 is 1.65. The number of nitrogens with two attached hydrogens (primary N) is 1. The van der Waals surface area contributed by atoms with Crippen LogP contribution >= 0.6 is 11.3 Å².